The maximum atomic E-state index is 13.1. The molecule has 0 atom stereocenters. The molecule has 0 heterocycles. The fraction of sp³-hybridized carbons (Fsp3) is 0.474. The average Bonchev–Trinajstić information content (AvgIpc) is 2.55. The van der Waals surface area contributed by atoms with E-state index in [-0.39, 0.29) is 21.9 Å². The number of rotatable bonds is 6. The van der Waals surface area contributed by atoms with Gasteiger partial charge in [0.15, 0.2) is 0 Å². The predicted molar refractivity (Wildman–Crippen MR) is 106 cm³/mol. The second kappa shape index (κ2) is 9.91. The van der Waals surface area contributed by atoms with Gasteiger partial charge in [-0.05, 0) is 44.5 Å². The summed E-state index contributed by atoms with van der Waals surface area (Å²) in [5, 5.41) is 2.47. The van der Waals surface area contributed by atoms with E-state index in [1.807, 2.05) is 0 Å². The molecule has 10 heteroatoms. The summed E-state index contributed by atoms with van der Waals surface area (Å²) in [6, 6.07) is 2.97. The molecule has 1 N–H and O–H groups in total. The quantitative estimate of drug-likeness (QED) is 0.509. The molecule has 1 rings (SSSR count). The Morgan fingerprint density at radius 3 is 2.31 bits per heavy atom. The number of halogens is 3. The van der Waals surface area contributed by atoms with Crippen molar-refractivity contribution < 1.29 is 32.2 Å². The van der Waals surface area contributed by atoms with Gasteiger partial charge < -0.3 is 14.4 Å². The van der Waals surface area contributed by atoms with E-state index >= 15 is 0 Å². The van der Waals surface area contributed by atoms with Crippen molar-refractivity contribution in [3.05, 3.63) is 40.4 Å². The Hall–Kier alpha value is -2.36. The van der Waals surface area contributed by atoms with Crippen LogP contribution in [0.5, 0.6) is 0 Å². The molecule has 0 unspecified atom stereocenters. The van der Waals surface area contributed by atoms with Gasteiger partial charge in [-0.25, -0.2) is 9.59 Å². The van der Waals surface area contributed by atoms with Gasteiger partial charge in [0, 0.05) is 31.7 Å². The van der Waals surface area contributed by atoms with Crippen LogP contribution in [-0.4, -0.2) is 43.8 Å². The molecule has 1 aromatic rings. The number of ether oxygens (including phenoxy) is 2. The summed E-state index contributed by atoms with van der Waals surface area (Å²) >= 11 is 0.995. The molecule has 0 aromatic heterocycles. The monoisotopic (exact) mass is 434 g/mol. The van der Waals surface area contributed by atoms with Crippen molar-refractivity contribution in [2.75, 3.05) is 26.5 Å². The third kappa shape index (κ3) is 8.68. The van der Waals surface area contributed by atoms with Gasteiger partial charge in [-0.1, -0.05) is 0 Å². The molecule has 0 aliphatic rings. The SMILES string of the molecule is COC(=O)/C(=C/N(C)C)SCc1cc(C(F)(F)F)ccc1NC(=O)OC(C)(C)C. The molecule has 1 amide bonds. The van der Waals surface area contributed by atoms with E-state index < -0.39 is 29.4 Å². The Morgan fingerprint density at radius 2 is 1.83 bits per heavy atom. The number of thioether (sulfide) groups is 1. The Bertz CT molecular complexity index is 772. The summed E-state index contributed by atoms with van der Waals surface area (Å²) in [7, 11) is 4.61. The topological polar surface area (TPSA) is 67.9 Å². The molecule has 0 saturated carbocycles. The number of hydrogen-bond donors (Lipinski definition) is 1. The van der Waals surface area contributed by atoms with E-state index in [9.17, 15) is 22.8 Å². The maximum absolute atomic E-state index is 13.1. The molecule has 0 aliphatic carbocycles. The summed E-state index contributed by atoms with van der Waals surface area (Å²) in [5.41, 5.74) is -1.28. The first-order chi connectivity index (χ1) is 13.2. The van der Waals surface area contributed by atoms with Crippen LogP contribution in [0, 0.1) is 0 Å². The molecule has 0 radical (unpaired) electrons. The van der Waals surface area contributed by atoms with E-state index in [4.69, 9.17) is 9.47 Å². The molecule has 0 fully saturated rings. The number of alkyl halides is 3. The number of anilines is 1. The highest BCUT2D eigenvalue weighted by atomic mass is 32.2. The van der Waals surface area contributed by atoms with Crippen LogP contribution in [0.2, 0.25) is 0 Å². The lowest BCUT2D eigenvalue weighted by atomic mass is 10.1. The smallest absolute Gasteiger partial charge is 0.416 e. The predicted octanol–water partition coefficient (Wildman–Crippen LogP) is 4.86. The van der Waals surface area contributed by atoms with Gasteiger partial charge in [0.25, 0.3) is 0 Å². The molecule has 162 valence electrons. The van der Waals surface area contributed by atoms with Crippen LogP contribution in [0.3, 0.4) is 0 Å². The second-order valence-corrected chi connectivity index (χ2v) is 8.25. The molecule has 0 aliphatic heterocycles. The second-order valence-electron chi connectivity index (χ2n) is 7.23. The summed E-state index contributed by atoms with van der Waals surface area (Å²) in [6.07, 6.45) is -3.83. The minimum absolute atomic E-state index is 0.0101. The zero-order valence-electron chi connectivity index (χ0n) is 17.1. The molecule has 1 aromatic carbocycles. The van der Waals surface area contributed by atoms with Crippen molar-refractivity contribution >= 4 is 29.5 Å². The van der Waals surface area contributed by atoms with Gasteiger partial charge in [-0.15, -0.1) is 11.8 Å². The Balaban J connectivity index is 3.19. The molecular formula is C19H25F3N2O4S. The minimum Gasteiger partial charge on any atom is -0.465 e. The fourth-order valence-corrected chi connectivity index (χ4v) is 3.10. The number of nitrogens with one attached hydrogen (secondary N) is 1. The van der Waals surface area contributed by atoms with Crippen LogP contribution < -0.4 is 5.32 Å². The van der Waals surface area contributed by atoms with Gasteiger partial charge in [-0.2, -0.15) is 13.2 Å². The highest BCUT2D eigenvalue weighted by molar-refractivity contribution is 8.03. The van der Waals surface area contributed by atoms with Crippen LogP contribution in [0.1, 0.15) is 31.9 Å². The van der Waals surface area contributed by atoms with Crippen LogP contribution in [0.25, 0.3) is 0 Å². The summed E-state index contributed by atoms with van der Waals surface area (Å²) in [4.78, 5) is 25.8. The third-order valence-corrected chi connectivity index (χ3v) is 4.25. The van der Waals surface area contributed by atoms with Crippen molar-refractivity contribution in [2.24, 2.45) is 0 Å². The van der Waals surface area contributed by atoms with Crippen molar-refractivity contribution in [2.45, 2.75) is 38.3 Å². The number of carbonyl (C=O) groups excluding carboxylic acids is 2. The number of hydrogen-bond acceptors (Lipinski definition) is 6. The molecule has 0 spiro atoms. The van der Waals surface area contributed by atoms with Crippen molar-refractivity contribution in [1.82, 2.24) is 4.90 Å². The largest absolute Gasteiger partial charge is 0.465 e. The molecule has 0 bridgehead atoms. The first-order valence-corrected chi connectivity index (χ1v) is 9.51. The van der Waals surface area contributed by atoms with Gasteiger partial charge in [0.05, 0.1) is 12.7 Å². The third-order valence-electron chi connectivity index (χ3n) is 3.21. The number of methoxy groups -OCH3 is 1. The number of esters is 1. The zero-order chi connectivity index (χ0) is 22.4. The first kappa shape index (κ1) is 24.7. The Kier molecular flexibility index (Phi) is 8.43. The number of amides is 1. The lowest BCUT2D eigenvalue weighted by Crippen LogP contribution is -2.27. The molecule has 29 heavy (non-hydrogen) atoms. The number of nitrogens with zero attached hydrogens (tertiary/aromatic N) is 1. The molecular weight excluding hydrogens is 409 g/mol. The first-order valence-electron chi connectivity index (χ1n) is 8.52. The van der Waals surface area contributed by atoms with Crippen LogP contribution in [0.4, 0.5) is 23.7 Å². The number of benzene rings is 1. The molecule has 6 nitrogen and oxygen atoms in total. The highest BCUT2D eigenvalue weighted by Gasteiger charge is 2.31. The van der Waals surface area contributed by atoms with E-state index in [1.54, 1.807) is 39.8 Å². The van der Waals surface area contributed by atoms with Crippen molar-refractivity contribution in [3.8, 4) is 0 Å². The standard InChI is InChI=1S/C19H25F3N2O4S/c1-18(2,3)28-17(26)23-14-8-7-13(19(20,21)22)9-12(14)11-29-15(10-24(4)5)16(25)27-6/h7-10H,11H2,1-6H3,(H,23,26)/b15-10-. The fourth-order valence-electron chi connectivity index (χ4n) is 2.06. The van der Waals surface area contributed by atoms with Crippen molar-refractivity contribution in [3.63, 3.8) is 0 Å². The Labute approximate surface area is 172 Å². The van der Waals surface area contributed by atoms with Gasteiger partial charge in [-0.3, -0.25) is 5.32 Å². The lowest BCUT2D eigenvalue weighted by molar-refractivity contribution is -0.137. The van der Waals surface area contributed by atoms with E-state index in [2.05, 4.69) is 5.32 Å². The van der Waals surface area contributed by atoms with Gasteiger partial charge >= 0.3 is 18.2 Å². The van der Waals surface area contributed by atoms with Crippen LogP contribution in [-0.2, 0) is 26.2 Å². The van der Waals surface area contributed by atoms with Gasteiger partial charge in [0.2, 0.25) is 0 Å². The summed E-state index contributed by atoms with van der Waals surface area (Å²) in [5.74, 6) is -0.624. The van der Waals surface area contributed by atoms with Crippen LogP contribution in [0.15, 0.2) is 29.3 Å². The van der Waals surface area contributed by atoms with E-state index in [0.717, 1.165) is 30.0 Å². The maximum Gasteiger partial charge on any atom is 0.416 e. The summed E-state index contributed by atoms with van der Waals surface area (Å²) in [6.45, 7) is 5.01. The number of carbonyl (C=O) groups is 2. The average molecular weight is 434 g/mol. The lowest BCUT2D eigenvalue weighted by Gasteiger charge is -2.21. The zero-order valence-corrected chi connectivity index (χ0v) is 18.0. The van der Waals surface area contributed by atoms with Crippen LogP contribution >= 0.6 is 11.8 Å². The summed E-state index contributed by atoms with van der Waals surface area (Å²) < 4.78 is 49.2. The Morgan fingerprint density at radius 1 is 1.21 bits per heavy atom. The van der Waals surface area contributed by atoms with E-state index in [0.29, 0.717) is 0 Å². The molecule has 0 saturated heterocycles. The highest BCUT2D eigenvalue weighted by Crippen LogP contribution is 2.34. The van der Waals surface area contributed by atoms with Crippen molar-refractivity contribution in [1.29, 1.82) is 0 Å². The minimum atomic E-state index is -4.55. The normalized spacial score (nSPS) is 12.4. The van der Waals surface area contributed by atoms with E-state index in [1.165, 1.54) is 13.3 Å². The van der Waals surface area contributed by atoms with Gasteiger partial charge in [0.1, 0.15) is 10.5 Å².